The molecule has 0 unspecified atom stereocenters. The third-order valence-corrected chi connectivity index (χ3v) is 2.71. The van der Waals surface area contributed by atoms with Gasteiger partial charge < -0.3 is 9.64 Å². The van der Waals surface area contributed by atoms with Crippen LogP contribution in [0.15, 0.2) is 18.2 Å². The van der Waals surface area contributed by atoms with E-state index in [2.05, 4.69) is 4.74 Å². The van der Waals surface area contributed by atoms with Crippen LogP contribution >= 0.6 is 11.6 Å². The molecule has 1 aromatic rings. The minimum absolute atomic E-state index is 0.0170. The number of esters is 1. The smallest absolute Gasteiger partial charge is 0.325 e. The van der Waals surface area contributed by atoms with Crippen LogP contribution in [0.1, 0.15) is 17.3 Å². The van der Waals surface area contributed by atoms with E-state index < -0.39 is 17.7 Å². The second-order valence-electron chi connectivity index (χ2n) is 3.49. The molecule has 0 fully saturated rings. The molecule has 1 aromatic carbocycles. The van der Waals surface area contributed by atoms with Crippen LogP contribution in [0, 0.1) is 5.82 Å². The summed E-state index contributed by atoms with van der Waals surface area (Å²) in [5.74, 6) is -1.92. The first kappa shape index (κ1) is 14.4. The van der Waals surface area contributed by atoms with Crippen LogP contribution in [-0.4, -0.2) is 37.0 Å². The van der Waals surface area contributed by atoms with Crippen LogP contribution in [0.25, 0.3) is 0 Å². The van der Waals surface area contributed by atoms with E-state index in [9.17, 15) is 14.0 Å². The van der Waals surface area contributed by atoms with Gasteiger partial charge in [-0.05, 0) is 19.1 Å². The Morgan fingerprint density at radius 3 is 2.61 bits per heavy atom. The number of halogens is 2. The van der Waals surface area contributed by atoms with Gasteiger partial charge in [0.25, 0.3) is 5.91 Å². The van der Waals surface area contributed by atoms with Crippen molar-refractivity contribution >= 4 is 23.5 Å². The molecule has 0 aliphatic heterocycles. The van der Waals surface area contributed by atoms with Crippen molar-refractivity contribution in [2.75, 3.05) is 20.2 Å². The van der Waals surface area contributed by atoms with E-state index in [0.717, 1.165) is 11.0 Å². The number of benzene rings is 1. The van der Waals surface area contributed by atoms with Crippen LogP contribution in [0.3, 0.4) is 0 Å². The molecule has 0 radical (unpaired) electrons. The maximum atomic E-state index is 13.6. The van der Waals surface area contributed by atoms with E-state index in [4.69, 9.17) is 11.6 Å². The topological polar surface area (TPSA) is 46.6 Å². The summed E-state index contributed by atoms with van der Waals surface area (Å²) in [6.07, 6.45) is 0. The van der Waals surface area contributed by atoms with E-state index in [1.165, 1.54) is 19.2 Å². The number of hydrogen-bond acceptors (Lipinski definition) is 3. The number of ether oxygens (including phenoxy) is 1. The average molecular weight is 274 g/mol. The Balaban J connectivity index is 3.00. The van der Waals surface area contributed by atoms with E-state index in [-0.39, 0.29) is 23.7 Å². The molecule has 0 saturated carbocycles. The van der Waals surface area contributed by atoms with Crippen LogP contribution in [0.4, 0.5) is 4.39 Å². The molecule has 18 heavy (non-hydrogen) atoms. The van der Waals surface area contributed by atoms with Crippen LogP contribution < -0.4 is 0 Å². The molecule has 0 aliphatic rings. The predicted molar refractivity (Wildman–Crippen MR) is 65.0 cm³/mol. The van der Waals surface area contributed by atoms with Crippen LogP contribution in [-0.2, 0) is 9.53 Å². The van der Waals surface area contributed by atoms with Crippen LogP contribution in [0.5, 0.6) is 0 Å². The van der Waals surface area contributed by atoms with Gasteiger partial charge in [0.15, 0.2) is 0 Å². The summed E-state index contributed by atoms with van der Waals surface area (Å²) in [4.78, 5) is 24.4. The molecule has 98 valence electrons. The predicted octanol–water partition coefficient (Wildman–Crippen LogP) is 2.11. The zero-order chi connectivity index (χ0) is 13.7. The summed E-state index contributed by atoms with van der Waals surface area (Å²) in [5.41, 5.74) is -0.232. The summed E-state index contributed by atoms with van der Waals surface area (Å²) >= 11 is 5.79. The molecular weight excluding hydrogens is 261 g/mol. The number of likely N-dealkylation sites (N-methyl/N-ethyl adjacent to an activating group) is 1. The van der Waals surface area contributed by atoms with Crippen molar-refractivity contribution in [3.05, 3.63) is 34.6 Å². The second-order valence-corrected chi connectivity index (χ2v) is 3.90. The highest BCUT2D eigenvalue weighted by Gasteiger charge is 2.22. The fourth-order valence-corrected chi connectivity index (χ4v) is 1.65. The van der Waals surface area contributed by atoms with Gasteiger partial charge in [-0.1, -0.05) is 17.7 Å². The average Bonchev–Trinajstić information content (AvgIpc) is 2.35. The maximum Gasteiger partial charge on any atom is 0.325 e. The molecule has 1 rings (SSSR count). The van der Waals surface area contributed by atoms with Gasteiger partial charge in [0, 0.05) is 6.54 Å². The van der Waals surface area contributed by atoms with E-state index in [1.54, 1.807) is 6.92 Å². The Bertz CT molecular complexity index is 444. The zero-order valence-corrected chi connectivity index (χ0v) is 10.8. The lowest BCUT2D eigenvalue weighted by Gasteiger charge is -2.20. The summed E-state index contributed by atoms with van der Waals surface area (Å²) in [6.45, 7) is 1.69. The minimum Gasteiger partial charge on any atom is -0.468 e. The van der Waals surface area contributed by atoms with Crippen molar-refractivity contribution < 1.29 is 18.7 Å². The molecule has 0 N–H and O–H groups in total. The first-order valence-corrected chi connectivity index (χ1v) is 5.69. The number of rotatable bonds is 4. The number of methoxy groups -OCH3 is 1. The Morgan fingerprint density at radius 1 is 1.44 bits per heavy atom. The number of nitrogens with zero attached hydrogens (tertiary/aromatic N) is 1. The van der Waals surface area contributed by atoms with Crippen LogP contribution in [0.2, 0.25) is 5.02 Å². The molecule has 0 atom stereocenters. The lowest BCUT2D eigenvalue weighted by atomic mass is 10.2. The highest BCUT2D eigenvalue weighted by molar-refractivity contribution is 6.33. The Kier molecular flexibility index (Phi) is 5.09. The van der Waals surface area contributed by atoms with Gasteiger partial charge in [-0.3, -0.25) is 9.59 Å². The van der Waals surface area contributed by atoms with Crippen molar-refractivity contribution in [3.8, 4) is 0 Å². The van der Waals surface area contributed by atoms with Gasteiger partial charge in [-0.25, -0.2) is 4.39 Å². The van der Waals surface area contributed by atoms with E-state index in [0.29, 0.717) is 0 Å². The molecule has 0 spiro atoms. The van der Waals surface area contributed by atoms with Crippen molar-refractivity contribution in [1.82, 2.24) is 4.90 Å². The number of carbonyl (C=O) groups is 2. The Morgan fingerprint density at radius 2 is 2.11 bits per heavy atom. The van der Waals surface area contributed by atoms with Gasteiger partial charge in [-0.2, -0.15) is 0 Å². The third-order valence-electron chi connectivity index (χ3n) is 2.39. The number of amides is 1. The standard InChI is InChI=1S/C12H13ClFNO3/c1-3-15(7-10(16)18-2)12(17)11-8(13)5-4-6-9(11)14/h4-6H,3,7H2,1-2H3. The van der Waals surface area contributed by atoms with Gasteiger partial charge in [0.05, 0.1) is 17.7 Å². The normalized spacial score (nSPS) is 10.0. The molecule has 0 bridgehead atoms. The first-order chi connectivity index (χ1) is 8.51. The van der Waals surface area contributed by atoms with Crippen molar-refractivity contribution in [2.45, 2.75) is 6.92 Å². The summed E-state index contributed by atoms with van der Waals surface area (Å²) in [6, 6.07) is 3.97. The highest BCUT2D eigenvalue weighted by atomic mass is 35.5. The molecule has 6 heteroatoms. The number of hydrogen-bond donors (Lipinski definition) is 0. The largest absolute Gasteiger partial charge is 0.468 e. The highest BCUT2D eigenvalue weighted by Crippen LogP contribution is 2.20. The molecule has 0 heterocycles. The second kappa shape index (κ2) is 6.35. The fraction of sp³-hybridized carbons (Fsp3) is 0.333. The SMILES string of the molecule is CCN(CC(=O)OC)C(=O)c1c(F)cccc1Cl. The molecule has 4 nitrogen and oxygen atoms in total. The first-order valence-electron chi connectivity index (χ1n) is 5.31. The zero-order valence-electron chi connectivity index (χ0n) is 10.1. The monoisotopic (exact) mass is 273 g/mol. The lowest BCUT2D eigenvalue weighted by Crippen LogP contribution is -2.36. The van der Waals surface area contributed by atoms with E-state index in [1.807, 2.05) is 0 Å². The van der Waals surface area contributed by atoms with E-state index >= 15 is 0 Å². The third kappa shape index (κ3) is 3.20. The summed E-state index contributed by atoms with van der Waals surface area (Å²) in [5, 5.41) is 0.0170. The quantitative estimate of drug-likeness (QED) is 0.790. The van der Waals surface area contributed by atoms with Gasteiger partial charge >= 0.3 is 5.97 Å². The molecule has 0 saturated heterocycles. The molecule has 1 amide bonds. The molecular formula is C12H13ClFNO3. The number of carbonyl (C=O) groups excluding carboxylic acids is 2. The lowest BCUT2D eigenvalue weighted by molar-refractivity contribution is -0.141. The Labute approximate surface area is 109 Å². The fourth-order valence-electron chi connectivity index (χ4n) is 1.41. The molecule has 0 aromatic heterocycles. The van der Waals surface area contributed by atoms with Gasteiger partial charge in [-0.15, -0.1) is 0 Å². The maximum absolute atomic E-state index is 13.6. The van der Waals surface area contributed by atoms with Gasteiger partial charge in [0.2, 0.25) is 0 Å². The molecule has 0 aliphatic carbocycles. The Hall–Kier alpha value is -1.62. The van der Waals surface area contributed by atoms with Gasteiger partial charge in [0.1, 0.15) is 12.4 Å². The van der Waals surface area contributed by atoms with Crippen molar-refractivity contribution in [2.24, 2.45) is 0 Å². The van der Waals surface area contributed by atoms with Crippen molar-refractivity contribution in [1.29, 1.82) is 0 Å². The summed E-state index contributed by atoms with van der Waals surface area (Å²) < 4.78 is 18.0. The summed E-state index contributed by atoms with van der Waals surface area (Å²) in [7, 11) is 1.22. The minimum atomic E-state index is -0.712. The van der Waals surface area contributed by atoms with Crippen molar-refractivity contribution in [3.63, 3.8) is 0 Å².